The van der Waals surface area contributed by atoms with Crippen molar-refractivity contribution in [2.45, 2.75) is 44.6 Å². The van der Waals surface area contributed by atoms with E-state index in [0.717, 1.165) is 12.8 Å². The molecule has 0 radical (unpaired) electrons. The van der Waals surface area contributed by atoms with E-state index in [0.29, 0.717) is 17.0 Å². The van der Waals surface area contributed by atoms with Crippen molar-refractivity contribution in [3.05, 3.63) is 28.8 Å². The van der Waals surface area contributed by atoms with Gasteiger partial charge < -0.3 is 5.11 Å². The van der Waals surface area contributed by atoms with Crippen molar-refractivity contribution in [2.75, 3.05) is 7.05 Å². The number of carbonyl (C=O) groups is 1. The van der Waals surface area contributed by atoms with Crippen molar-refractivity contribution in [3.8, 4) is 0 Å². The zero-order valence-corrected chi connectivity index (χ0v) is 13.6. The lowest BCUT2D eigenvalue weighted by atomic mass is 10.1. The summed E-state index contributed by atoms with van der Waals surface area (Å²) >= 11 is 0. The minimum atomic E-state index is -3.68. The summed E-state index contributed by atoms with van der Waals surface area (Å²) in [5.74, 6) is -0.707. The topological polar surface area (TPSA) is 74.7 Å². The van der Waals surface area contributed by atoms with Crippen LogP contribution in [0, 0.1) is 19.8 Å². The van der Waals surface area contributed by atoms with Crippen LogP contribution < -0.4 is 0 Å². The number of aromatic carboxylic acids is 1. The molecular weight excluding hydrogens is 290 g/mol. The fourth-order valence-electron chi connectivity index (χ4n) is 2.47. The number of benzene rings is 1. The molecule has 6 heteroatoms. The fraction of sp³-hybridized carbons (Fsp3) is 0.533. The smallest absolute Gasteiger partial charge is 0.335 e. The molecule has 1 aliphatic carbocycles. The van der Waals surface area contributed by atoms with E-state index in [1.807, 2.05) is 6.92 Å². The Kier molecular flexibility index (Phi) is 4.13. The van der Waals surface area contributed by atoms with Crippen molar-refractivity contribution >= 4 is 16.0 Å². The maximum absolute atomic E-state index is 12.8. The van der Waals surface area contributed by atoms with Crippen LogP contribution in [0.2, 0.25) is 0 Å². The second kappa shape index (κ2) is 5.42. The van der Waals surface area contributed by atoms with Gasteiger partial charge in [-0.05, 0) is 62.8 Å². The molecule has 1 fully saturated rings. The average Bonchev–Trinajstić information content (AvgIpc) is 3.23. The number of rotatable bonds is 5. The lowest BCUT2D eigenvalue weighted by molar-refractivity contribution is 0.0696. The minimum Gasteiger partial charge on any atom is -0.478 e. The second-order valence-electron chi connectivity index (χ2n) is 5.82. The van der Waals surface area contributed by atoms with E-state index < -0.39 is 16.0 Å². The van der Waals surface area contributed by atoms with Crippen LogP contribution in [-0.4, -0.2) is 36.9 Å². The molecule has 21 heavy (non-hydrogen) atoms. The standard InChI is InChI=1S/C15H21NO4S/c1-9-7-13(15(17)18)8-14(10(9)2)21(19,20)16(4)11(3)12-5-6-12/h7-8,11-12H,5-6H2,1-4H3,(H,17,18). The Morgan fingerprint density at radius 3 is 2.38 bits per heavy atom. The Morgan fingerprint density at radius 1 is 1.33 bits per heavy atom. The van der Waals surface area contributed by atoms with Gasteiger partial charge in [0.15, 0.2) is 0 Å². The molecule has 0 heterocycles. The van der Waals surface area contributed by atoms with Gasteiger partial charge in [0.25, 0.3) is 0 Å². The monoisotopic (exact) mass is 311 g/mol. The largest absolute Gasteiger partial charge is 0.478 e. The quantitative estimate of drug-likeness (QED) is 0.906. The minimum absolute atomic E-state index is 0.00384. The summed E-state index contributed by atoms with van der Waals surface area (Å²) < 4.78 is 26.9. The maximum atomic E-state index is 12.8. The second-order valence-corrected chi connectivity index (χ2v) is 7.79. The van der Waals surface area contributed by atoms with Crippen molar-refractivity contribution in [3.63, 3.8) is 0 Å². The van der Waals surface area contributed by atoms with Crippen LogP contribution in [0.1, 0.15) is 41.3 Å². The van der Waals surface area contributed by atoms with E-state index in [-0.39, 0.29) is 16.5 Å². The summed E-state index contributed by atoms with van der Waals surface area (Å²) in [4.78, 5) is 11.2. The molecule has 0 aromatic heterocycles. The molecule has 0 amide bonds. The summed E-state index contributed by atoms with van der Waals surface area (Å²) in [5.41, 5.74) is 1.28. The highest BCUT2D eigenvalue weighted by Gasteiger charge is 2.36. The first-order valence-electron chi connectivity index (χ1n) is 6.99. The molecule has 1 aromatic carbocycles. The predicted octanol–water partition coefficient (Wildman–Crippen LogP) is 2.42. The molecule has 1 saturated carbocycles. The molecule has 2 rings (SSSR count). The molecule has 1 unspecified atom stereocenters. The summed E-state index contributed by atoms with van der Waals surface area (Å²) in [6.45, 7) is 5.34. The molecule has 0 spiro atoms. The van der Waals surface area contributed by atoms with E-state index in [2.05, 4.69) is 0 Å². The lowest BCUT2D eigenvalue weighted by Gasteiger charge is -2.25. The maximum Gasteiger partial charge on any atom is 0.335 e. The summed E-state index contributed by atoms with van der Waals surface area (Å²) in [6.07, 6.45) is 2.10. The number of sulfonamides is 1. The zero-order chi connectivity index (χ0) is 15.9. The van der Waals surface area contributed by atoms with E-state index in [9.17, 15) is 13.2 Å². The van der Waals surface area contributed by atoms with Crippen LogP contribution >= 0.6 is 0 Å². The van der Waals surface area contributed by atoms with E-state index >= 15 is 0 Å². The van der Waals surface area contributed by atoms with Gasteiger partial charge in [-0.15, -0.1) is 0 Å². The molecule has 1 N–H and O–H groups in total. The van der Waals surface area contributed by atoms with Gasteiger partial charge in [0.2, 0.25) is 10.0 Å². The number of hydrogen-bond acceptors (Lipinski definition) is 3. The number of hydrogen-bond donors (Lipinski definition) is 1. The van der Waals surface area contributed by atoms with Gasteiger partial charge in [-0.2, -0.15) is 4.31 Å². The normalized spacial score (nSPS) is 17.0. The van der Waals surface area contributed by atoms with Crippen LogP contribution in [-0.2, 0) is 10.0 Å². The summed E-state index contributed by atoms with van der Waals surface area (Å²) in [6, 6.07) is 2.69. The lowest BCUT2D eigenvalue weighted by Crippen LogP contribution is -2.36. The number of aryl methyl sites for hydroxylation is 1. The molecule has 1 aliphatic rings. The molecule has 1 atom stereocenters. The van der Waals surface area contributed by atoms with Gasteiger partial charge in [0.1, 0.15) is 0 Å². The SMILES string of the molecule is Cc1cc(C(=O)O)cc(S(=O)(=O)N(C)C(C)C2CC2)c1C. The molecule has 0 saturated heterocycles. The first kappa shape index (κ1) is 16.0. The van der Waals surface area contributed by atoms with Crippen molar-refractivity contribution in [1.29, 1.82) is 0 Å². The Bertz CT molecular complexity index is 677. The Hall–Kier alpha value is -1.40. The van der Waals surface area contributed by atoms with Crippen molar-refractivity contribution < 1.29 is 18.3 Å². The van der Waals surface area contributed by atoms with E-state index in [1.54, 1.807) is 20.9 Å². The third-order valence-corrected chi connectivity index (χ3v) is 6.47. The highest BCUT2D eigenvalue weighted by molar-refractivity contribution is 7.89. The molecule has 0 aliphatic heterocycles. The Balaban J connectivity index is 2.50. The third-order valence-electron chi connectivity index (χ3n) is 4.40. The van der Waals surface area contributed by atoms with Crippen LogP contribution in [0.3, 0.4) is 0 Å². The van der Waals surface area contributed by atoms with Crippen molar-refractivity contribution in [2.24, 2.45) is 5.92 Å². The van der Waals surface area contributed by atoms with E-state index in [1.165, 1.54) is 16.4 Å². The highest BCUT2D eigenvalue weighted by atomic mass is 32.2. The summed E-state index contributed by atoms with van der Waals surface area (Å²) in [5, 5.41) is 9.13. The fourth-order valence-corrected chi connectivity index (χ4v) is 4.21. The van der Waals surface area contributed by atoms with Gasteiger partial charge in [-0.3, -0.25) is 0 Å². The molecule has 1 aromatic rings. The zero-order valence-electron chi connectivity index (χ0n) is 12.8. The molecule has 116 valence electrons. The summed E-state index contributed by atoms with van der Waals surface area (Å²) in [7, 11) is -2.11. The first-order valence-corrected chi connectivity index (χ1v) is 8.43. The number of carboxylic acids is 1. The van der Waals surface area contributed by atoms with Crippen LogP contribution in [0.4, 0.5) is 0 Å². The Labute approximate surface area is 125 Å². The highest BCUT2D eigenvalue weighted by Crippen LogP contribution is 2.37. The molecular formula is C15H21NO4S. The van der Waals surface area contributed by atoms with Gasteiger partial charge in [0.05, 0.1) is 10.5 Å². The average molecular weight is 311 g/mol. The van der Waals surface area contributed by atoms with Crippen LogP contribution in [0.25, 0.3) is 0 Å². The van der Waals surface area contributed by atoms with Gasteiger partial charge in [0, 0.05) is 13.1 Å². The Morgan fingerprint density at radius 2 is 1.90 bits per heavy atom. The predicted molar refractivity (Wildman–Crippen MR) is 80.0 cm³/mol. The van der Waals surface area contributed by atoms with Crippen LogP contribution in [0.15, 0.2) is 17.0 Å². The first-order chi connectivity index (χ1) is 9.66. The van der Waals surface area contributed by atoms with Crippen LogP contribution in [0.5, 0.6) is 0 Å². The molecule has 5 nitrogen and oxygen atoms in total. The van der Waals surface area contributed by atoms with Crippen molar-refractivity contribution in [1.82, 2.24) is 4.31 Å². The molecule has 0 bridgehead atoms. The van der Waals surface area contributed by atoms with Gasteiger partial charge in [-0.25, -0.2) is 13.2 Å². The van der Waals surface area contributed by atoms with E-state index in [4.69, 9.17) is 5.11 Å². The number of carboxylic acid groups (broad SMARTS) is 1. The number of nitrogens with zero attached hydrogens (tertiary/aromatic N) is 1. The van der Waals surface area contributed by atoms with Gasteiger partial charge >= 0.3 is 5.97 Å². The third kappa shape index (κ3) is 2.96. The van der Waals surface area contributed by atoms with Gasteiger partial charge in [-0.1, -0.05) is 0 Å².